The SMILES string of the molecule is CNC1CCSCc2cc(C)cc(C)c21. The van der Waals surface area contributed by atoms with Crippen LogP contribution in [0.15, 0.2) is 12.1 Å². The lowest BCUT2D eigenvalue weighted by atomic mass is 9.93. The van der Waals surface area contributed by atoms with Crippen LogP contribution in [0, 0.1) is 13.8 Å². The van der Waals surface area contributed by atoms with Gasteiger partial charge in [-0.3, -0.25) is 0 Å². The molecule has 1 N–H and O–H groups in total. The summed E-state index contributed by atoms with van der Waals surface area (Å²) in [7, 11) is 2.07. The summed E-state index contributed by atoms with van der Waals surface area (Å²) in [4.78, 5) is 0. The van der Waals surface area contributed by atoms with Gasteiger partial charge in [-0.2, -0.15) is 11.8 Å². The van der Waals surface area contributed by atoms with Crippen LogP contribution in [-0.2, 0) is 5.75 Å². The summed E-state index contributed by atoms with van der Waals surface area (Å²) in [5.74, 6) is 2.44. The first-order valence-electron chi connectivity index (χ1n) is 5.57. The first-order chi connectivity index (χ1) is 7.22. The number of hydrogen-bond donors (Lipinski definition) is 1. The van der Waals surface area contributed by atoms with Crippen LogP contribution in [0.3, 0.4) is 0 Å². The van der Waals surface area contributed by atoms with Gasteiger partial charge in [0.1, 0.15) is 0 Å². The van der Waals surface area contributed by atoms with Gasteiger partial charge < -0.3 is 5.32 Å². The van der Waals surface area contributed by atoms with Gasteiger partial charge in [-0.1, -0.05) is 17.7 Å². The van der Waals surface area contributed by atoms with Crippen molar-refractivity contribution in [1.82, 2.24) is 5.32 Å². The highest BCUT2D eigenvalue weighted by Gasteiger charge is 2.19. The Bertz CT molecular complexity index is 360. The molecule has 1 aromatic rings. The van der Waals surface area contributed by atoms with Crippen LogP contribution in [0.4, 0.5) is 0 Å². The lowest BCUT2D eigenvalue weighted by Gasteiger charge is -2.19. The standard InChI is InChI=1S/C13H19NS/c1-9-6-10(2)13-11(7-9)8-15-5-4-12(13)14-3/h6-7,12,14H,4-5,8H2,1-3H3. The van der Waals surface area contributed by atoms with E-state index in [9.17, 15) is 0 Å². The molecule has 1 heterocycles. The van der Waals surface area contributed by atoms with Crippen LogP contribution in [0.25, 0.3) is 0 Å². The highest BCUT2D eigenvalue weighted by Crippen LogP contribution is 2.33. The molecule has 0 fully saturated rings. The molecule has 2 rings (SSSR count). The summed E-state index contributed by atoms with van der Waals surface area (Å²) in [6, 6.07) is 5.21. The zero-order valence-electron chi connectivity index (χ0n) is 9.76. The molecule has 15 heavy (non-hydrogen) atoms. The van der Waals surface area contributed by atoms with Crippen LogP contribution < -0.4 is 5.32 Å². The Morgan fingerprint density at radius 2 is 2.13 bits per heavy atom. The Balaban J connectivity index is 2.50. The number of nitrogens with one attached hydrogen (secondary N) is 1. The normalized spacial score (nSPS) is 20.9. The molecule has 0 bridgehead atoms. The largest absolute Gasteiger partial charge is 0.313 e. The first kappa shape index (κ1) is 11.0. The molecule has 1 aliphatic rings. The molecule has 1 aromatic carbocycles. The van der Waals surface area contributed by atoms with Crippen LogP contribution in [0.5, 0.6) is 0 Å². The van der Waals surface area contributed by atoms with Crippen LogP contribution in [-0.4, -0.2) is 12.8 Å². The molecule has 0 aromatic heterocycles. The molecule has 82 valence electrons. The van der Waals surface area contributed by atoms with Gasteiger partial charge in [0.2, 0.25) is 0 Å². The molecular formula is C13H19NS. The van der Waals surface area contributed by atoms with Gasteiger partial charge in [-0.15, -0.1) is 0 Å². The fourth-order valence-corrected chi connectivity index (χ4v) is 3.51. The first-order valence-corrected chi connectivity index (χ1v) is 6.73. The van der Waals surface area contributed by atoms with Crippen LogP contribution in [0.1, 0.15) is 34.7 Å². The van der Waals surface area contributed by atoms with E-state index < -0.39 is 0 Å². The number of rotatable bonds is 1. The van der Waals surface area contributed by atoms with Gasteiger partial charge in [0, 0.05) is 11.8 Å². The van der Waals surface area contributed by atoms with Gasteiger partial charge in [-0.05, 0) is 49.8 Å². The molecule has 0 radical (unpaired) electrons. The quantitative estimate of drug-likeness (QED) is 0.781. The fraction of sp³-hybridized carbons (Fsp3) is 0.538. The van der Waals surface area contributed by atoms with E-state index in [1.165, 1.54) is 34.6 Å². The lowest BCUT2D eigenvalue weighted by Crippen LogP contribution is -2.18. The maximum absolute atomic E-state index is 3.45. The molecule has 1 aliphatic heterocycles. The molecule has 0 amide bonds. The number of benzene rings is 1. The third kappa shape index (κ3) is 2.21. The van der Waals surface area contributed by atoms with Crippen molar-refractivity contribution in [2.45, 2.75) is 32.1 Å². The van der Waals surface area contributed by atoms with Crippen molar-refractivity contribution < 1.29 is 0 Å². The Hall–Kier alpha value is -0.470. The zero-order valence-corrected chi connectivity index (χ0v) is 10.6. The summed E-state index contributed by atoms with van der Waals surface area (Å²) in [5.41, 5.74) is 5.93. The summed E-state index contributed by atoms with van der Waals surface area (Å²) in [6.45, 7) is 4.43. The van der Waals surface area contributed by atoms with Gasteiger partial charge >= 0.3 is 0 Å². The fourth-order valence-electron chi connectivity index (χ4n) is 2.50. The van der Waals surface area contributed by atoms with Crippen molar-refractivity contribution >= 4 is 11.8 Å². The third-order valence-corrected chi connectivity index (χ3v) is 4.16. The van der Waals surface area contributed by atoms with Crippen molar-refractivity contribution in [3.63, 3.8) is 0 Å². The Kier molecular flexibility index (Phi) is 3.37. The number of hydrogen-bond acceptors (Lipinski definition) is 2. The van der Waals surface area contributed by atoms with Crippen molar-refractivity contribution in [2.24, 2.45) is 0 Å². The summed E-state index contributed by atoms with van der Waals surface area (Å²) >= 11 is 2.05. The number of fused-ring (bicyclic) bond motifs is 1. The molecule has 0 aliphatic carbocycles. The predicted molar refractivity (Wildman–Crippen MR) is 68.5 cm³/mol. The molecule has 1 nitrogen and oxygen atoms in total. The summed E-state index contributed by atoms with van der Waals surface area (Å²) < 4.78 is 0. The van der Waals surface area contributed by atoms with E-state index in [1.807, 2.05) is 0 Å². The third-order valence-electron chi connectivity index (χ3n) is 3.12. The summed E-state index contributed by atoms with van der Waals surface area (Å²) in [6.07, 6.45) is 1.25. The monoisotopic (exact) mass is 221 g/mol. The minimum atomic E-state index is 0.551. The molecule has 1 unspecified atom stereocenters. The molecule has 2 heteroatoms. The Morgan fingerprint density at radius 3 is 2.87 bits per heavy atom. The van der Waals surface area contributed by atoms with E-state index in [0.717, 1.165) is 0 Å². The maximum Gasteiger partial charge on any atom is 0.0331 e. The second-order valence-electron chi connectivity index (χ2n) is 4.34. The number of thioether (sulfide) groups is 1. The molecule has 1 atom stereocenters. The van der Waals surface area contributed by atoms with Crippen molar-refractivity contribution in [3.8, 4) is 0 Å². The predicted octanol–water partition coefficient (Wildman–Crippen LogP) is 3.20. The molecule has 0 saturated heterocycles. The molecule has 0 saturated carbocycles. The van der Waals surface area contributed by atoms with Gasteiger partial charge in [0.15, 0.2) is 0 Å². The average molecular weight is 221 g/mol. The maximum atomic E-state index is 3.45. The van der Waals surface area contributed by atoms with E-state index in [-0.39, 0.29) is 0 Å². The van der Waals surface area contributed by atoms with E-state index in [0.29, 0.717) is 6.04 Å². The second kappa shape index (κ2) is 4.58. The minimum absolute atomic E-state index is 0.551. The highest BCUT2D eigenvalue weighted by atomic mass is 32.2. The van der Waals surface area contributed by atoms with Crippen LogP contribution in [0.2, 0.25) is 0 Å². The van der Waals surface area contributed by atoms with Gasteiger partial charge in [0.05, 0.1) is 0 Å². The van der Waals surface area contributed by atoms with E-state index in [1.54, 1.807) is 5.56 Å². The van der Waals surface area contributed by atoms with Gasteiger partial charge in [-0.25, -0.2) is 0 Å². The molecular weight excluding hydrogens is 202 g/mol. The minimum Gasteiger partial charge on any atom is -0.313 e. The molecule has 0 spiro atoms. The van der Waals surface area contributed by atoms with Crippen molar-refractivity contribution in [3.05, 3.63) is 34.4 Å². The number of aryl methyl sites for hydroxylation is 2. The Labute approximate surface area is 96.7 Å². The lowest BCUT2D eigenvalue weighted by molar-refractivity contribution is 0.578. The zero-order chi connectivity index (χ0) is 10.8. The second-order valence-corrected chi connectivity index (χ2v) is 5.44. The summed E-state index contributed by atoms with van der Waals surface area (Å²) in [5, 5.41) is 3.45. The smallest absolute Gasteiger partial charge is 0.0331 e. The van der Waals surface area contributed by atoms with Crippen molar-refractivity contribution in [1.29, 1.82) is 0 Å². The van der Waals surface area contributed by atoms with E-state index in [2.05, 4.69) is 50.1 Å². The highest BCUT2D eigenvalue weighted by molar-refractivity contribution is 7.98. The van der Waals surface area contributed by atoms with Gasteiger partial charge in [0.25, 0.3) is 0 Å². The average Bonchev–Trinajstić information content (AvgIpc) is 2.39. The Morgan fingerprint density at radius 1 is 1.33 bits per heavy atom. The van der Waals surface area contributed by atoms with Crippen LogP contribution >= 0.6 is 11.8 Å². The van der Waals surface area contributed by atoms with E-state index >= 15 is 0 Å². The van der Waals surface area contributed by atoms with Crippen molar-refractivity contribution in [2.75, 3.05) is 12.8 Å². The van der Waals surface area contributed by atoms with E-state index in [4.69, 9.17) is 0 Å². The topological polar surface area (TPSA) is 12.0 Å².